The van der Waals surface area contributed by atoms with E-state index < -0.39 is 0 Å². The van der Waals surface area contributed by atoms with Crippen LogP contribution in [0.5, 0.6) is 0 Å². The van der Waals surface area contributed by atoms with E-state index in [1.54, 1.807) is 46.2 Å². The Labute approximate surface area is 184 Å². The lowest BCUT2D eigenvalue weighted by Gasteiger charge is -2.29. The molecular formula is C22H20ClN7O. The second-order valence-electron chi connectivity index (χ2n) is 7.58. The Morgan fingerprint density at radius 2 is 1.87 bits per heavy atom. The maximum absolute atomic E-state index is 13.6. The fourth-order valence-corrected chi connectivity index (χ4v) is 4.15. The predicted octanol–water partition coefficient (Wildman–Crippen LogP) is 3.21. The molecule has 8 nitrogen and oxygen atoms in total. The first-order chi connectivity index (χ1) is 15.1. The van der Waals surface area contributed by atoms with Gasteiger partial charge in [0.2, 0.25) is 0 Å². The summed E-state index contributed by atoms with van der Waals surface area (Å²) in [5.41, 5.74) is 2.71. The monoisotopic (exact) mass is 433 g/mol. The predicted molar refractivity (Wildman–Crippen MR) is 119 cm³/mol. The quantitative estimate of drug-likeness (QED) is 0.491. The number of halogens is 1. The van der Waals surface area contributed by atoms with Gasteiger partial charge in [-0.2, -0.15) is 4.68 Å². The zero-order valence-electron chi connectivity index (χ0n) is 16.9. The number of amides is 1. The van der Waals surface area contributed by atoms with Crippen LogP contribution in [0.1, 0.15) is 16.8 Å². The molecule has 156 valence electrons. The molecule has 1 fully saturated rings. The first-order valence-corrected chi connectivity index (χ1v) is 10.4. The summed E-state index contributed by atoms with van der Waals surface area (Å²) in [5.74, 6) is 0.360. The van der Waals surface area contributed by atoms with Crippen LogP contribution in [0, 0.1) is 0 Å². The van der Waals surface area contributed by atoms with Crippen molar-refractivity contribution < 1.29 is 4.79 Å². The second kappa shape index (κ2) is 8.05. The molecule has 3 aromatic heterocycles. The number of hydrogen-bond acceptors (Lipinski definition) is 6. The standard InChI is InChI=1S/C22H20ClN7O/c1-28-13-10-17(14-28)29(20-18(23)4-2-11-24-20)22(31)15-6-8-16(9-7-15)30-21-19(26-27-30)5-3-12-25-21/h2-9,11-12,17H,10,13-14H2,1H3. The summed E-state index contributed by atoms with van der Waals surface area (Å²) < 4.78 is 1.66. The number of benzene rings is 1. The van der Waals surface area contributed by atoms with Crippen molar-refractivity contribution in [1.82, 2.24) is 29.9 Å². The van der Waals surface area contributed by atoms with Gasteiger partial charge in [-0.15, -0.1) is 5.10 Å². The Hall–Kier alpha value is -3.36. The Bertz CT molecular complexity index is 1240. The van der Waals surface area contributed by atoms with Crippen LogP contribution in [-0.4, -0.2) is 61.9 Å². The molecule has 0 N–H and O–H groups in total. The van der Waals surface area contributed by atoms with E-state index in [0.29, 0.717) is 27.6 Å². The van der Waals surface area contributed by atoms with E-state index in [9.17, 15) is 4.79 Å². The molecule has 1 aromatic carbocycles. The summed E-state index contributed by atoms with van der Waals surface area (Å²) in [7, 11) is 2.05. The van der Waals surface area contributed by atoms with Gasteiger partial charge in [-0.3, -0.25) is 9.69 Å². The molecule has 1 atom stereocenters. The summed E-state index contributed by atoms with van der Waals surface area (Å²) in [6, 6.07) is 14.5. The Morgan fingerprint density at radius 3 is 2.61 bits per heavy atom. The van der Waals surface area contributed by atoms with Crippen LogP contribution >= 0.6 is 11.6 Å². The van der Waals surface area contributed by atoms with E-state index in [4.69, 9.17) is 11.6 Å². The van der Waals surface area contributed by atoms with Crippen molar-refractivity contribution in [1.29, 1.82) is 0 Å². The van der Waals surface area contributed by atoms with Gasteiger partial charge in [0.05, 0.1) is 16.8 Å². The molecule has 9 heteroatoms. The molecule has 4 heterocycles. The second-order valence-corrected chi connectivity index (χ2v) is 7.99. The smallest absolute Gasteiger partial charge is 0.259 e. The number of carbonyl (C=O) groups excluding carboxylic acids is 1. The van der Waals surface area contributed by atoms with Crippen molar-refractivity contribution in [2.24, 2.45) is 0 Å². The van der Waals surface area contributed by atoms with E-state index in [2.05, 4.69) is 25.2 Å². The Kier molecular flexibility index (Phi) is 5.09. The average molecular weight is 434 g/mol. The number of rotatable bonds is 4. The molecule has 5 rings (SSSR count). The fraction of sp³-hybridized carbons (Fsp3) is 0.227. The first kappa shape index (κ1) is 19.6. The van der Waals surface area contributed by atoms with Gasteiger partial charge in [-0.05, 0) is 68.5 Å². The first-order valence-electron chi connectivity index (χ1n) is 10.0. The number of hydrogen-bond donors (Lipinski definition) is 0. The zero-order valence-corrected chi connectivity index (χ0v) is 17.6. The molecule has 0 bridgehead atoms. The zero-order chi connectivity index (χ0) is 21.4. The number of likely N-dealkylation sites (tertiary alicyclic amines) is 1. The van der Waals surface area contributed by atoms with Gasteiger partial charge < -0.3 is 4.90 Å². The van der Waals surface area contributed by atoms with Crippen molar-refractivity contribution in [3.05, 3.63) is 71.5 Å². The number of carbonyl (C=O) groups is 1. The number of nitrogens with zero attached hydrogens (tertiary/aromatic N) is 7. The third kappa shape index (κ3) is 3.64. The molecule has 0 spiro atoms. The molecule has 4 aromatic rings. The molecule has 1 unspecified atom stereocenters. The molecule has 1 aliphatic rings. The van der Waals surface area contributed by atoms with Crippen molar-refractivity contribution in [3.63, 3.8) is 0 Å². The largest absolute Gasteiger partial charge is 0.304 e. The summed E-state index contributed by atoms with van der Waals surface area (Å²) >= 11 is 6.42. The summed E-state index contributed by atoms with van der Waals surface area (Å²) in [5, 5.41) is 8.78. The number of fused-ring (bicyclic) bond motifs is 1. The maximum atomic E-state index is 13.6. The molecule has 0 saturated carbocycles. The lowest BCUT2D eigenvalue weighted by Crippen LogP contribution is -2.42. The topological polar surface area (TPSA) is 80.0 Å². The Morgan fingerprint density at radius 1 is 1.10 bits per heavy atom. The van der Waals surface area contributed by atoms with Crippen molar-refractivity contribution >= 4 is 34.5 Å². The number of pyridine rings is 2. The van der Waals surface area contributed by atoms with E-state index in [0.717, 1.165) is 25.2 Å². The van der Waals surface area contributed by atoms with Crippen molar-refractivity contribution in [2.75, 3.05) is 25.0 Å². The van der Waals surface area contributed by atoms with Gasteiger partial charge in [0.1, 0.15) is 5.52 Å². The molecule has 0 aliphatic carbocycles. The number of anilines is 1. The number of likely N-dealkylation sites (N-methyl/N-ethyl adjacent to an activating group) is 1. The minimum Gasteiger partial charge on any atom is -0.304 e. The van der Waals surface area contributed by atoms with E-state index in [-0.39, 0.29) is 11.9 Å². The van der Waals surface area contributed by atoms with Gasteiger partial charge in [-0.25, -0.2) is 9.97 Å². The third-order valence-electron chi connectivity index (χ3n) is 5.49. The normalized spacial score (nSPS) is 16.6. The van der Waals surface area contributed by atoms with Crippen molar-refractivity contribution in [3.8, 4) is 5.69 Å². The highest BCUT2D eigenvalue weighted by molar-refractivity contribution is 6.33. The molecule has 31 heavy (non-hydrogen) atoms. The van der Waals surface area contributed by atoms with Gasteiger partial charge in [-0.1, -0.05) is 16.8 Å². The summed E-state index contributed by atoms with van der Waals surface area (Å²) in [6.07, 6.45) is 4.23. The van der Waals surface area contributed by atoms with Gasteiger partial charge in [0, 0.05) is 24.5 Å². The van der Waals surface area contributed by atoms with Crippen LogP contribution in [0.2, 0.25) is 5.02 Å². The lowest BCUT2D eigenvalue weighted by atomic mass is 10.1. The molecule has 1 saturated heterocycles. The van der Waals surface area contributed by atoms with E-state index in [1.165, 1.54) is 0 Å². The Balaban J connectivity index is 1.49. The van der Waals surface area contributed by atoms with Crippen molar-refractivity contribution in [2.45, 2.75) is 12.5 Å². The van der Waals surface area contributed by atoms with Crippen LogP contribution < -0.4 is 4.90 Å². The summed E-state index contributed by atoms with van der Waals surface area (Å²) in [6.45, 7) is 1.69. The number of aromatic nitrogens is 5. The molecule has 1 aliphatic heterocycles. The lowest BCUT2D eigenvalue weighted by molar-refractivity contribution is 0.0976. The molecular weight excluding hydrogens is 414 g/mol. The highest BCUT2D eigenvalue weighted by Crippen LogP contribution is 2.29. The third-order valence-corrected chi connectivity index (χ3v) is 5.78. The highest BCUT2D eigenvalue weighted by Gasteiger charge is 2.33. The SMILES string of the molecule is CN1CCC(N(C(=O)c2ccc(-n3nnc4cccnc43)cc2)c2ncccc2Cl)C1. The van der Waals surface area contributed by atoms with Crippen LogP contribution in [0.4, 0.5) is 5.82 Å². The van der Waals surface area contributed by atoms with Crippen LogP contribution in [0.15, 0.2) is 60.9 Å². The highest BCUT2D eigenvalue weighted by atomic mass is 35.5. The van der Waals surface area contributed by atoms with E-state index in [1.807, 2.05) is 31.3 Å². The minimum atomic E-state index is -0.131. The molecule has 0 radical (unpaired) electrons. The maximum Gasteiger partial charge on any atom is 0.259 e. The molecule has 1 amide bonds. The van der Waals surface area contributed by atoms with Gasteiger partial charge in [0.25, 0.3) is 5.91 Å². The van der Waals surface area contributed by atoms with Crippen LogP contribution in [-0.2, 0) is 0 Å². The summed E-state index contributed by atoms with van der Waals surface area (Å²) in [4.78, 5) is 26.3. The fourth-order valence-electron chi connectivity index (χ4n) is 3.94. The van der Waals surface area contributed by atoms with Gasteiger partial charge >= 0.3 is 0 Å². The van der Waals surface area contributed by atoms with Gasteiger partial charge in [0.15, 0.2) is 11.5 Å². The van der Waals surface area contributed by atoms with Crippen LogP contribution in [0.3, 0.4) is 0 Å². The average Bonchev–Trinajstić information content (AvgIpc) is 3.42. The minimum absolute atomic E-state index is 0.00744. The van der Waals surface area contributed by atoms with E-state index >= 15 is 0 Å². The van der Waals surface area contributed by atoms with Crippen LogP contribution in [0.25, 0.3) is 16.9 Å².